The largest absolute Gasteiger partial charge is 0.422 e. The highest BCUT2D eigenvalue weighted by atomic mass is 19.1. The van der Waals surface area contributed by atoms with E-state index in [4.69, 9.17) is 4.42 Å². The molecule has 0 saturated heterocycles. The fourth-order valence-corrected chi connectivity index (χ4v) is 3.21. The van der Waals surface area contributed by atoms with E-state index in [2.05, 4.69) is 35.6 Å². The minimum Gasteiger partial charge on any atom is -0.422 e. The van der Waals surface area contributed by atoms with Crippen molar-refractivity contribution >= 4 is 22.8 Å². The van der Waals surface area contributed by atoms with E-state index in [1.165, 1.54) is 6.08 Å². The normalized spacial score (nSPS) is 12.6. The highest BCUT2D eigenvalue weighted by Crippen LogP contribution is 2.27. The molecule has 0 fully saturated rings. The summed E-state index contributed by atoms with van der Waals surface area (Å²) in [4.78, 5) is 11.6. The molecule has 2 aromatic heterocycles. The second-order valence-corrected chi connectivity index (χ2v) is 6.61. The van der Waals surface area contributed by atoms with Crippen LogP contribution in [0.3, 0.4) is 0 Å². The molecule has 0 bridgehead atoms. The SMILES string of the molecule is CCCC(CCC)N(CCC)c1nc2nc(/C(C)=C/C=C/F)ccc2o1. The number of pyridine rings is 1. The lowest BCUT2D eigenvalue weighted by atomic mass is 10.1. The van der Waals surface area contributed by atoms with Gasteiger partial charge in [-0.25, -0.2) is 9.37 Å². The van der Waals surface area contributed by atoms with Crippen LogP contribution in [0.15, 0.2) is 35.0 Å². The van der Waals surface area contributed by atoms with E-state index in [0.29, 0.717) is 29.6 Å². The monoisotopic (exact) mass is 359 g/mol. The molecule has 142 valence electrons. The van der Waals surface area contributed by atoms with Gasteiger partial charge in [0.05, 0.1) is 12.0 Å². The van der Waals surface area contributed by atoms with E-state index in [9.17, 15) is 4.39 Å². The zero-order valence-electron chi connectivity index (χ0n) is 16.3. The third-order valence-electron chi connectivity index (χ3n) is 4.46. The number of allylic oxidation sites excluding steroid dienone is 3. The molecule has 4 nitrogen and oxygen atoms in total. The molecule has 0 aliphatic rings. The maximum Gasteiger partial charge on any atom is 0.300 e. The van der Waals surface area contributed by atoms with E-state index >= 15 is 0 Å². The van der Waals surface area contributed by atoms with Crippen molar-refractivity contribution in [2.45, 2.75) is 65.8 Å². The van der Waals surface area contributed by atoms with Gasteiger partial charge in [-0.2, -0.15) is 4.98 Å². The van der Waals surface area contributed by atoms with Crippen molar-refractivity contribution in [3.8, 4) is 0 Å². The summed E-state index contributed by atoms with van der Waals surface area (Å²) in [5.74, 6) is 0. The second kappa shape index (κ2) is 10.1. The molecule has 2 heterocycles. The predicted octanol–water partition coefficient (Wildman–Crippen LogP) is 6.29. The molecule has 0 aliphatic carbocycles. The third kappa shape index (κ3) is 4.93. The topological polar surface area (TPSA) is 42.2 Å². The van der Waals surface area contributed by atoms with Gasteiger partial charge in [-0.15, -0.1) is 0 Å². The molecule has 0 atom stereocenters. The van der Waals surface area contributed by atoms with Crippen LogP contribution in [0.5, 0.6) is 0 Å². The smallest absolute Gasteiger partial charge is 0.300 e. The van der Waals surface area contributed by atoms with Gasteiger partial charge in [-0.3, -0.25) is 0 Å². The summed E-state index contributed by atoms with van der Waals surface area (Å²) < 4.78 is 18.2. The first-order chi connectivity index (χ1) is 12.6. The zero-order chi connectivity index (χ0) is 18.9. The molecular formula is C21H30FN3O. The van der Waals surface area contributed by atoms with Crippen molar-refractivity contribution in [2.75, 3.05) is 11.4 Å². The average Bonchev–Trinajstić information content (AvgIpc) is 3.06. The number of rotatable bonds is 10. The predicted molar refractivity (Wildman–Crippen MR) is 107 cm³/mol. The standard InChI is InChI=1S/C21H30FN3O/c1-5-9-17(10-6-2)25(15-7-3)21-24-20-19(26-21)13-12-18(23-20)16(4)11-8-14-22/h8,11-14,17H,5-7,9-10,15H2,1-4H3/b14-8+,16-11+. The lowest BCUT2D eigenvalue weighted by molar-refractivity contribution is 0.458. The maximum absolute atomic E-state index is 12.2. The van der Waals surface area contributed by atoms with Crippen molar-refractivity contribution in [3.05, 3.63) is 36.3 Å². The Balaban J connectivity index is 2.37. The fraction of sp³-hybridized carbons (Fsp3) is 0.524. The summed E-state index contributed by atoms with van der Waals surface area (Å²) in [7, 11) is 0. The van der Waals surface area contributed by atoms with Crippen LogP contribution in [-0.4, -0.2) is 22.6 Å². The number of aromatic nitrogens is 2. The van der Waals surface area contributed by atoms with Crippen LogP contribution in [0.1, 0.15) is 65.5 Å². The molecule has 0 spiro atoms. The molecule has 0 aromatic carbocycles. The molecule has 0 unspecified atom stereocenters. The van der Waals surface area contributed by atoms with Crippen LogP contribution in [0.25, 0.3) is 16.8 Å². The number of halogens is 1. The van der Waals surface area contributed by atoms with Crippen LogP contribution in [0.2, 0.25) is 0 Å². The first-order valence-corrected chi connectivity index (χ1v) is 9.62. The Labute approximate surface area is 155 Å². The van der Waals surface area contributed by atoms with Gasteiger partial charge in [-0.05, 0) is 50.0 Å². The highest BCUT2D eigenvalue weighted by Gasteiger charge is 2.22. The quantitative estimate of drug-likeness (QED) is 0.467. The second-order valence-electron chi connectivity index (χ2n) is 6.61. The number of oxazole rings is 1. The van der Waals surface area contributed by atoms with Gasteiger partial charge in [-0.1, -0.05) is 39.7 Å². The number of anilines is 1. The van der Waals surface area contributed by atoms with E-state index < -0.39 is 0 Å². The fourth-order valence-electron chi connectivity index (χ4n) is 3.21. The number of hydrogen-bond donors (Lipinski definition) is 0. The molecule has 0 saturated carbocycles. The first kappa shape index (κ1) is 20.1. The van der Waals surface area contributed by atoms with E-state index in [1.54, 1.807) is 6.08 Å². The number of fused-ring (bicyclic) bond motifs is 1. The molecule has 5 heteroatoms. The molecular weight excluding hydrogens is 329 g/mol. The number of hydrogen-bond acceptors (Lipinski definition) is 4. The summed E-state index contributed by atoms with van der Waals surface area (Å²) >= 11 is 0. The minimum absolute atomic E-state index is 0.439. The van der Waals surface area contributed by atoms with Gasteiger partial charge < -0.3 is 9.32 Å². The van der Waals surface area contributed by atoms with Gasteiger partial charge in [0.1, 0.15) is 0 Å². The van der Waals surface area contributed by atoms with Gasteiger partial charge in [0.15, 0.2) is 5.58 Å². The third-order valence-corrected chi connectivity index (χ3v) is 4.46. The molecule has 0 radical (unpaired) electrons. The van der Waals surface area contributed by atoms with Gasteiger partial charge in [0, 0.05) is 12.6 Å². The molecule has 0 aliphatic heterocycles. The van der Waals surface area contributed by atoms with Crippen LogP contribution < -0.4 is 4.90 Å². The highest BCUT2D eigenvalue weighted by molar-refractivity contribution is 5.74. The maximum atomic E-state index is 12.2. The Hall–Kier alpha value is -2.17. The lowest BCUT2D eigenvalue weighted by Gasteiger charge is -2.30. The van der Waals surface area contributed by atoms with Crippen molar-refractivity contribution in [3.63, 3.8) is 0 Å². The lowest BCUT2D eigenvalue weighted by Crippen LogP contribution is -2.36. The van der Waals surface area contributed by atoms with Crippen LogP contribution in [0, 0.1) is 0 Å². The summed E-state index contributed by atoms with van der Waals surface area (Å²) in [5.41, 5.74) is 2.94. The van der Waals surface area contributed by atoms with E-state index in [0.717, 1.165) is 49.9 Å². The zero-order valence-corrected chi connectivity index (χ0v) is 16.3. The Kier molecular flexibility index (Phi) is 7.82. The van der Waals surface area contributed by atoms with Crippen LogP contribution in [-0.2, 0) is 0 Å². The van der Waals surface area contributed by atoms with Gasteiger partial charge in [0.25, 0.3) is 6.01 Å². The molecule has 2 rings (SSSR count). The Morgan fingerprint density at radius 1 is 1.15 bits per heavy atom. The van der Waals surface area contributed by atoms with Crippen molar-refractivity contribution in [2.24, 2.45) is 0 Å². The van der Waals surface area contributed by atoms with Crippen LogP contribution >= 0.6 is 0 Å². The number of nitrogens with zero attached hydrogens (tertiary/aromatic N) is 3. The van der Waals surface area contributed by atoms with E-state index in [1.807, 2.05) is 19.1 Å². The summed E-state index contributed by atoms with van der Waals surface area (Å²) in [6.45, 7) is 9.43. The first-order valence-electron chi connectivity index (χ1n) is 9.62. The molecule has 26 heavy (non-hydrogen) atoms. The minimum atomic E-state index is 0.439. The Morgan fingerprint density at radius 2 is 1.88 bits per heavy atom. The Bertz CT molecular complexity index is 745. The Morgan fingerprint density at radius 3 is 2.50 bits per heavy atom. The summed E-state index contributed by atoms with van der Waals surface area (Å²) in [5, 5.41) is 0. The average molecular weight is 359 g/mol. The van der Waals surface area contributed by atoms with Crippen molar-refractivity contribution < 1.29 is 8.81 Å². The summed E-state index contributed by atoms with van der Waals surface area (Å²) in [6, 6.07) is 4.87. The summed E-state index contributed by atoms with van der Waals surface area (Å²) in [6.07, 6.45) is 9.14. The molecule has 0 N–H and O–H groups in total. The molecule has 0 amide bonds. The van der Waals surface area contributed by atoms with Gasteiger partial charge in [0.2, 0.25) is 5.65 Å². The van der Waals surface area contributed by atoms with Gasteiger partial charge >= 0.3 is 0 Å². The van der Waals surface area contributed by atoms with E-state index in [-0.39, 0.29) is 0 Å². The van der Waals surface area contributed by atoms with Crippen molar-refractivity contribution in [1.29, 1.82) is 0 Å². The van der Waals surface area contributed by atoms with Crippen molar-refractivity contribution in [1.82, 2.24) is 9.97 Å². The molecule has 2 aromatic rings. The van der Waals surface area contributed by atoms with Crippen LogP contribution in [0.4, 0.5) is 10.4 Å².